The molecule has 2 aromatic rings. The van der Waals surface area contributed by atoms with Crippen molar-refractivity contribution in [2.75, 3.05) is 17.1 Å². The second-order valence-corrected chi connectivity index (χ2v) is 11.6. The predicted molar refractivity (Wildman–Crippen MR) is 141 cm³/mol. The predicted octanol–water partition coefficient (Wildman–Crippen LogP) is 4.85. The Morgan fingerprint density at radius 3 is 2.21 bits per heavy atom. The van der Waals surface area contributed by atoms with Crippen molar-refractivity contribution in [3.63, 3.8) is 0 Å². The first-order valence-corrected chi connectivity index (χ1v) is 14.0. The van der Waals surface area contributed by atoms with Crippen LogP contribution in [0.5, 0.6) is 0 Å². The first-order chi connectivity index (χ1) is 15.8. The maximum absolute atomic E-state index is 13.5. The third-order valence-corrected chi connectivity index (χ3v) is 7.71. The van der Waals surface area contributed by atoms with Crippen LogP contribution < -0.4 is 9.62 Å². The first-order valence-electron chi connectivity index (χ1n) is 10.6. The van der Waals surface area contributed by atoms with E-state index in [9.17, 15) is 18.0 Å². The summed E-state index contributed by atoms with van der Waals surface area (Å²) in [7, 11) is -3.78. The van der Waals surface area contributed by atoms with Crippen LogP contribution in [0, 0.1) is 0 Å². The molecule has 2 aromatic carbocycles. The molecule has 0 bridgehead atoms. The zero-order valence-corrected chi connectivity index (χ0v) is 23.3. The molecule has 0 fully saturated rings. The average Bonchev–Trinajstić information content (AvgIpc) is 2.77. The fraction of sp³-hybridized carbons (Fsp3) is 0.391. The van der Waals surface area contributed by atoms with Crippen LogP contribution in [0.2, 0.25) is 10.0 Å². The number of hydrogen-bond acceptors (Lipinski definition) is 4. The number of benzene rings is 2. The maximum atomic E-state index is 13.5. The van der Waals surface area contributed by atoms with Crippen molar-refractivity contribution in [2.45, 2.75) is 45.8 Å². The number of amides is 2. The smallest absolute Gasteiger partial charge is 0.244 e. The minimum atomic E-state index is -3.78. The van der Waals surface area contributed by atoms with Crippen LogP contribution >= 0.6 is 39.1 Å². The molecule has 2 amide bonds. The monoisotopic (exact) mass is 591 g/mol. The molecular weight excluding hydrogens is 565 g/mol. The Hall–Kier alpha value is -1.81. The van der Waals surface area contributed by atoms with Crippen molar-refractivity contribution >= 4 is 66.7 Å². The molecule has 0 aliphatic carbocycles. The highest BCUT2D eigenvalue weighted by Gasteiger charge is 2.30. The summed E-state index contributed by atoms with van der Waals surface area (Å²) in [4.78, 5) is 27.7. The number of anilines is 1. The van der Waals surface area contributed by atoms with Gasteiger partial charge in [0.1, 0.15) is 12.6 Å². The minimum absolute atomic E-state index is 0.0444. The highest BCUT2D eigenvalue weighted by molar-refractivity contribution is 9.10. The summed E-state index contributed by atoms with van der Waals surface area (Å²) in [5.41, 5.74) is 0.991. The van der Waals surface area contributed by atoms with Gasteiger partial charge in [-0.25, -0.2) is 8.42 Å². The molecule has 2 rings (SSSR count). The number of carbonyl (C=O) groups excluding carboxylic acids is 2. The fourth-order valence-corrected chi connectivity index (χ4v) is 4.54. The van der Waals surface area contributed by atoms with Crippen LogP contribution in [-0.4, -0.2) is 50.0 Å². The molecule has 0 aromatic heterocycles. The van der Waals surface area contributed by atoms with Crippen LogP contribution in [0.25, 0.3) is 0 Å². The second kappa shape index (κ2) is 12.2. The molecule has 2 unspecified atom stereocenters. The van der Waals surface area contributed by atoms with Crippen LogP contribution in [0.4, 0.5) is 5.69 Å². The molecule has 0 saturated carbocycles. The van der Waals surface area contributed by atoms with Crippen LogP contribution in [0.3, 0.4) is 0 Å². The van der Waals surface area contributed by atoms with Crippen molar-refractivity contribution in [3.8, 4) is 0 Å². The summed E-state index contributed by atoms with van der Waals surface area (Å²) in [6.07, 6.45) is 1.76. The lowest BCUT2D eigenvalue weighted by Gasteiger charge is -2.32. The van der Waals surface area contributed by atoms with Gasteiger partial charge in [0.05, 0.1) is 22.0 Å². The molecule has 0 spiro atoms. The largest absolute Gasteiger partial charge is 0.352 e. The van der Waals surface area contributed by atoms with Gasteiger partial charge in [0.15, 0.2) is 0 Å². The Kier molecular flexibility index (Phi) is 10.2. The highest BCUT2D eigenvalue weighted by atomic mass is 79.9. The van der Waals surface area contributed by atoms with Crippen molar-refractivity contribution in [3.05, 3.63) is 62.5 Å². The number of halogens is 3. The molecule has 0 radical (unpaired) electrons. The molecular formula is C23H28BrCl2N3O4S. The van der Waals surface area contributed by atoms with Gasteiger partial charge in [0.2, 0.25) is 21.8 Å². The number of rotatable bonds is 10. The summed E-state index contributed by atoms with van der Waals surface area (Å²) in [6.45, 7) is 4.99. The number of nitrogens with one attached hydrogen (secondary N) is 1. The van der Waals surface area contributed by atoms with Crippen LogP contribution in [0.15, 0.2) is 46.9 Å². The molecule has 0 saturated heterocycles. The normalized spacial score (nSPS) is 13.1. The van der Waals surface area contributed by atoms with E-state index in [0.29, 0.717) is 21.3 Å². The van der Waals surface area contributed by atoms with E-state index in [2.05, 4.69) is 21.2 Å². The lowest BCUT2D eigenvalue weighted by Crippen LogP contribution is -2.52. The van der Waals surface area contributed by atoms with Crippen LogP contribution in [0.1, 0.15) is 32.8 Å². The van der Waals surface area contributed by atoms with Gasteiger partial charge in [0.25, 0.3) is 0 Å². The van der Waals surface area contributed by atoms with E-state index in [1.807, 2.05) is 13.8 Å². The summed E-state index contributed by atoms with van der Waals surface area (Å²) in [6, 6.07) is 10.6. The summed E-state index contributed by atoms with van der Waals surface area (Å²) < 4.78 is 26.9. The number of carbonyl (C=O) groups is 2. The minimum Gasteiger partial charge on any atom is -0.352 e. The quantitative estimate of drug-likeness (QED) is 0.427. The van der Waals surface area contributed by atoms with Gasteiger partial charge < -0.3 is 10.2 Å². The van der Waals surface area contributed by atoms with E-state index in [0.717, 1.165) is 21.5 Å². The van der Waals surface area contributed by atoms with Gasteiger partial charge in [0, 0.05) is 17.1 Å². The zero-order valence-electron chi connectivity index (χ0n) is 19.4. The van der Waals surface area contributed by atoms with E-state index in [1.165, 1.54) is 4.90 Å². The third-order valence-electron chi connectivity index (χ3n) is 5.30. The Morgan fingerprint density at radius 2 is 1.68 bits per heavy atom. The van der Waals surface area contributed by atoms with Gasteiger partial charge in [-0.05, 0) is 62.2 Å². The first kappa shape index (κ1) is 28.4. The fourth-order valence-electron chi connectivity index (χ4n) is 3.10. The Morgan fingerprint density at radius 1 is 1.06 bits per heavy atom. The Bertz CT molecular complexity index is 1130. The lowest BCUT2D eigenvalue weighted by molar-refractivity contribution is -0.139. The van der Waals surface area contributed by atoms with Crippen molar-refractivity contribution in [1.29, 1.82) is 0 Å². The van der Waals surface area contributed by atoms with E-state index >= 15 is 0 Å². The van der Waals surface area contributed by atoms with E-state index in [1.54, 1.807) is 49.4 Å². The van der Waals surface area contributed by atoms with Gasteiger partial charge >= 0.3 is 0 Å². The van der Waals surface area contributed by atoms with E-state index in [4.69, 9.17) is 23.2 Å². The summed E-state index contributed by atoms with van der Waals surface area (Å²) in [5, 5.41) is 3.56. The maximum Gasteiger partial charge on any atom is 0.244 e. The van der Waals surface area contributed by atoms with Crippen molar-refractivity contribution in [1.82, 2.24) is 10.2 Å². The highest BCUT2D eigenvalue weighted by Crippen LogP contribution is 2.25. The zero-order chi connectivity index (χ0) is 25.6. The molecule has 0 heterocycles. The molecule has 7 nitrogen and oxygen atoms in total. The lowest BCUT2D eigenvalue weighted by atomic mass is 10.1. The third kappa shape index (κ3) is 7.86. The molecule has 0 aliphatic heterocycles. The molecule has 186 valence electrons. The molecule has 1 N–H and O–H groups in total. The summed E-state index contributed by atoms with van der Waals surface area (Å²) >= 11 is 15.5. The number of nitrogens with zero attached hydrogens (tertiary/aromatic N) is 2. The molecule has 11 heteroatoms. The SMILES string of the molecule is CCC(C)NC(=O)C(C)N(Cc1ccc(Cl)c(Cl)c1)C(=O)CN(c1ccc(Br)cc1)S(C)(=O)=O. The van der Waals surface area contributed by atoms with Gasteiger partial charge in [-0.15, -0.1) is 0 Å². The second-order valence-electron chi connectivity index (χ2n) is 8.01. The number of hydrogen-bond donors (Lipinski definition) is 1. The summed E-state index contributed by atoms with van der Waals surface area (Å²) in [5.74, 6) is -0.872. The molecule has 2 atom stereocenters. The Labute approximate surface area is 219 Å². The Balaban J connectivity index is 2.40. The van der Waals surface area contributed by atoms with Crippen LogP contribution in [-0.2, 0) is 26.2 Å². The standard InChI is InChI=1S/C23H28BrCl2N3O4S/c1-5-15(2)27-23(31)16(3)28(13-17-6-11-20(25)21(26)12-17)22(30)14-29(34(4,32)33)19-9-7-18(24)8-10-19/h6-12,15-16H,5,13-14H2,1-4H3,(H,27,31). The number of sulfonamides is 1. The van der Waals surface area contributed by atoms with Crippen molar-refractivity contribution < 1.29 is 18.0 Å². The van der Waals surface area contributed by atoms with E-state index < -0.39 is 28.5 Å². The molecule has 34 heavy (non-hydrogen) atoms. The van der Waals surface area contributed by atoms with Gasteiger partial charge in [-0.2, -0.15) is 0 Å². The molecule has 0 aliphatic rings. The average molecular weight is 593 g/mol. The van der Waals surface area contributed by atoms with Crippen molar-refractivity contribution in [2.24, 2.45) is 0 Å². The van der Waals surface area contributed by atoms with Gasteiger partial charge in [-0.1, -0.05) is 52.1 Å². The van der Waals surface area contributed by atoms with E-state index in [-0.39, 0.29) is 18.5 Å². The van der Waals surface area contributed by atoms with Gasteiger partial charge in [-0.3, -0.25) is 13.9 Å². The topological polar surface area (TPSA) is 86.8 Å².